The molecule has 6 nitrogen and oxygen atoms in total. The lowest BCUT2D eigenvalue weighted by Crippen LogP contribution is -2.29. The van der Waals surface area contributed by atoms with Gasteiger partial charge in [-0.2, -0.15) is 0 Å². The number of nitrogens with zero attached hydrogens (tertiary/aromatic N) is 4. The number of rotatable bonds is 3. The first-order valence-electron chi connectivity index (χ1n) is 6.06. The molecule has 7 heteroatoms. The number of anilines is 2. The van der Waals surface area contributed by atoms with Gasteiger partial charge in [0.2, 0.25) is 0 Å². The fourth-order valence-corrected chi connectivity index (χ4v) is 2.39. The van der Waals surface area contributed by atoms with E-state index in [4.69, 9.17) is 5.84 Å². The van der Waals surface area contributed by atoms with Gasteiger partial charge in [0.15, 0.2) is 5.16 Å². The van der Waals surface area contributed by atoms with Gasteiger partial charge in [-0.15, -0.1) is 0 Å². The molecular weight excluding hydrogens is 248 g/mol. The van der Waals surface area contributed by atoms with Crippen molar-refractivity contribution in [1.82, 2.24) is 14.9 Å². The van der Waals surface area contributed by atoms with Gasteiger partial charge in [0.1, 0.15) is 11.6 Å². The van der Waals surface area contributed by atoms with E-state index in [-0.39, 0.29) is 0 Å². The highest BCUT2D eigenvalue weighted by Crippen LogP contribution is 2.20. The maximum absolute atomic E-state index is 5.45. The van der Waals surface area contributed by atoms with Crippen LogP contribution in [0.3, 0.4) is 0 Å². The molecule has 0 aliphatic carbocycles. The van der Waals surface area contributed by atoms with E-state index in [1.165, 1.54) is 11.8 Å². The number of hydrogen-bond acceptors (Lipinski definition) is 7. The van der Waals surface area contributed by atoms with Crippen LogP contribution in [0.2, 0.25) is 0 Å². The predicted molar refractivity (Wildman–Crippen MR) is 76.0 cm³/mol. The molecule has 0 saturated carbocycles. The second kappa shape index (κ2) is 6.21. The smallest absolute Gasteiger partial charge is 0.191 e. The van der Waals surface area contributed by atoms with Crippen LogP contribution >= 0.6 is 11.8 Å². The molecule has 1 aromatic rings. The summed E-state index contributed by atoms with van der Waals surface area (Å²) in [6.45, 7) is 4.22. The summed E-state index contributed by atoms with van der Waals surface area (Å²) >= 11 is 1.53. The number of hydrogen-bond donors (Lipinski definition) is 2. The van der Waals surface area contributed by atoms with Crippen molar-refractivity contribution in [2.75, 3.05) is 49.8 Å². The van der Waals surface area contributed by atoms with E-state index in [0.717, 1.165) is 43.6 Å². The molecule has 1 fully saturated rings. The molecule has 0 amide bonds. The van der Waals surface area contributed by atoms with E-state index in [9.17, 15) is 0 Å². The largest absolute Gasteiger partial charge is 0.355 e. The summed E-state index contributed by atoms with van der Waals surface area (Å²) in [5.41, 5.74) is 2.60. The molecule has 1 aromatic heterocycles. The molecule has 1 saturated heterocycles. The van der Waals surface area contributed by atoms with Crippen LogP contribution in [0.15, 0.2) is 11.2 Å². The van der Waals surface area contributed by atoms with Crippen molar-refractivity contribution >= 4 is 23.4 Å². The normalized spacial score (nSPS) is 17.6. The standard InChI is InChI=1S/C11H20N6S/c1-16-4-3-5-17(7-6-16)10-8-9(15-12)13-11(14-10)18-2/h8H,3-7,12H2,1-2H3,(H,13,14,15). The number of hydrazine groups is 1. The lowest BCUT2D eigenvalue weighted by molar-refractivity contribution is 0.360. The summed E-state index contributed by atoms with van der Waals surface area (Å²) in [6.07, 6.45) is 3.12. The first kappa shape index (κ1) is 13.4. The van der Waals surface area contributed by atoms with Crippen molar-refractivity contribution in [3.05, 3.63) is 6.07 Å². The van der Waals surface area contributed by atoms with Crippen LogP contribution in [0, 0.1) is 0 Å². The third-order valence-corrected chi connectivity index (χ3v) is 3.61. The molecule has 0 atom stereocenters. The van der Waals surface area contributed by atoms with E-state index >= 15 is 0 Å². The Kier molecular flexibility index (Phi) is 4.62. The second-order valence-electron chi connectivity index (χ2n) is 4.39. The van der Waals surface area contributed by atoms with Gasteiger partial charge >= 0.3 is 0 Å². The summed E-state index contributed by atoms with van der Waals surface area (Å²) < 4.78 is 0. The molecule has 0 unspecified atom stereocenters. The fraction of sp³-hybridized carbons (Fsp3) is 0.636. The van der Waals surface area contributed by atoms with Gasteiger partial charge in [0.25, 0.3) is 0 Å². The van der Waals surface area contributed by atoms with E-state index in [2.05, 4.69) is 32.2 Å². The zero-order chi connectivity index (χ0) is 13.0. The van der Waals surface area contributed by atoms with Crippen molar-refractivity contribution < 1.29 is 0 Å². The van der Waals surface area contributed by atoms with E-state index in [0.29, 0.717) is 5.82 Å². The second-order valence-corrected chi connectivity index (χ2v) is 5.16. The van der Waals surface area contributed by atoms with Crippen molar-refractivity contribution in [3.63, 3.8) is 0 Å². The molecule has 0 bridgehead atoms. The zero-order valence-corrected chi connectivity index (χ0v) is 11.7. The minimum atomic E-state index is 0.668. The van der Waals surface area contributed by atoms with Crippen molar-refractivity contribution in [1.29, 1.82) is 0 Å². The molecule has 100 valence electrons. The average molecular weight is 268 g/mol. The maximum Gasteiger partial charge on any atom is 0.191 e. The molecule has 18 heavy (non-hydrogen) atoms. The first-order chi connectivity index (χ1) is 8.72. The lowest BCUT2D eigenvalue weighted by Gasteiger charge is -2.22. The van der Waals surface area contributed by atoms with Crippen molar-refractivity contribution in [2.24, 2.45) is 5.84 Å². The Morgan fingerprint density at radius 3 is 2.83 bits per heavy atom. The van der Waals surface area contributed by atoms with Gasteiger partial charge in [-0.3, -0.25) is 0 Å². The third-order valence-electron chi connectivity index (χ3n) is 3.07. The lowest BCUT2D eigenvalue weighted by atomic mass is 10.4. The zero-order valence-electron chi connectivity index (χ0n) is 10.9. The number of thioether (sulfide) groups is 1. The topological polar surface area (TPSA) is 70.3 Å². The van der Waals surface area contributed by atoms with Gasteiger partial charge < -0.3 is 15.2 Å². The Hall–Kier alpha value is -1.05. The third kappa shape index (κ3) is 3.24. The Balaban J connectivity index is 2.20. The van der Waals surface area contributed by atoms with Gasteiger partial charge in [0.05, 0.1) is 0 Å². The number of nitrogens with two attached hydrogens (primary N) is 1. The van der Waals surface area contributed by atoms with Gasteiger partial charge in [-0.1, -0.05) is 11.8 Å². The highest BCUT2D eigenvalue weighted by atomic mass is 32.2. The minimum Gasteiger partial charge on any atom is -0.355 e. The summed E-state index contributed by atoms with van der Waals surface area (Å²) in [5.74, 6) is 7.07. The number of likely N-dealkylation sites (N-methyl/N-ethyl adjacent to an activating group) is 1. The Labute approximate surface area is 112 Å². The maximum atomic E-state index is 5.45. The summed E-state index contributed by atoms with van der Waals surface area (Å²) in [5, 5.41) is 0.748. The number of aromatic nitrogens is 2. The number of nitrogen functional groups attached to an aromatic ring is 1. The highest BCUT2D eigenvalue weighted by Gasteiger charge is 2.15. The van der Waals surface area contributed by atoms with Crippen LogP contribution in [-0.4, -0.2) is 54.4 Å². The Morgan fingerprint density at radius 2 is 2.11 bits per heavy atom. The van der Waals surface area contributed by atoms with Crippen LogP contribution in [0.4, 0.5) is 11.6 Å². The van der Waals surface area contributed by atoms with Gasteiger partial charge in [0, 0.05) is 25.7 Å². The monoisotopic (exact) mass is 268 g/mol. The molecule has 0 aromatic carbocycles. The predicted octanol–water partition coefficient (Wildman–Crippen LogP) is 0.626. The average Bonchev–Trinajstić information content (AvgIpc) is 2.63. The van der Waals surface area contributed by atoms with Crippen molar-refractivity contribution in [2.45, 2.75) is 11.6 Å². The highest BCUT2D eigenvalue weighted by molar-refractivity contribution is 7.98. The SMILES string of the molecule is CSc1nc(NN)cc(N2CCCN(C)CC2)n1. The minimum absolute atomic E-state index is 0.668. The molecule has 2 rings (SSSR count). The van der Waals surface area contributed by atoms with Gasteiger partial charge in [-0.05, 0) is 26.3 Å². The van der Waals surface area contributed by atoms with E-state index in [1.54, 1.807) is 0 Å². The quantitative estimate of drug-likeness (QED) is 0.360. The van der Waals surface area contributed by atoms with Crippen LogP contribution in [-0.2, 0) is 0 Å². The van der Waals surface area contributed by atoms with Gasteiger partial charge in [-0.25, -0.2) is 15.8 Å². The van der Waals surface area contributed by atoms with E-state index < -0.39 is 0 Å². The van der Waals surface area contributed by atoms with Crippen LogP contribution in [0.1, 0.15) is 6.42 Å². The van der Waals surface area contributed by atoms with Crippen LogP contribution in [0.25, 0.3) is 0 Å². The summed E-state index contributed by atoms with van der Waals surface area (Å²) in [6, 6.07) is 1.91. The molecule has 0 spiro atoms. The summed E-state index contributed by atoms with van der Waals surface area (Å²) in [7, 11) is 2.16. The Morgan fingerprint density at radius 1 is 1.28 bits per heavy atom. The molecule has 2 heterocycles. The number of nitrogens with one attached hydrogen (secondary N) is 1. The Bertz CT molecular complexity index is 377. The molecule has 1 aliphatic heterocycles. The molecule has 1 aliphatic rings. The van der Waals surface area contributed by atoms with E-state index in [1.807, 2.05) is 12.3 Å². The molecule has 3 N–H and O–H groups in total. The fourth-order valence-electron chi connectivity index (χ4n) is 2.02. The van der Waals surface area contributed by atoms with Crippen molar-refractivity contribution in [3.8, 4) is 0 Å². The van der Waals surface area contributed by atoms with Crippen LogP contribution in [0.5, 0.6) is 0 Å². The molecule has 0 radical (unpaired) electrons. The molecular formula is C11H20N6S. The summed E-state index contributed by atoms with van der Waals surface area (Å²) in [4.78, 5) is 13.5. The van der Waals surface area contributed by atoms with Crippen LogP contribution < -0.4 is 16.2 Å². The first-order valence-corrected chi connectivity index (χ1v) is 7.28.